The fourth-order valence-corrected chi connectivity index (χ4v) is 3.02. The Labute approximate surface area is 196 Å². The number of carbonyl (C=O) groups is 4. The first kappa shape index (κ1) is 26.3. The van der Waals surface area contributed by atoms with Gasteiger partial charge in [0.05, 0.1) is 13.2 Å². The molecular weight excluding hydrogens is 444 g/mol. The number of aliphatic hydroxyl groups excluding tert-OH is 1. The molecule has 8 N–H and O–H groups in total. The van der Waals surface area contributed by atoms with Crippen molar-refractivity contribution in [1.82, 2.24) is 16.0 Å². The number of carboxylic acids is 1. The minimum atomic E-state index is -1.24. The summed E-state index contributed by atoms with van der Waals surface area (Å²) in [6, 6.07) is 11.1. The van der Waals surface area contributed by atoms with E-state index in [2.05, 4.69) is 16.0 Å². The van der Waals surface area contributed by atoms with E-state index >= 15 is 0 Å². The first-order valence-electron chi connectivity index (χ1n) is 10.5. The van der Waals surface area contributed by atoms with Crippen LogP contribution in [-0.4, -0.2) is 70.3 Å². The highest BCUT2D eigenvalue weighted by molar-refractivity contribution is 5.92. The van der Waals surface area contributed by atoms with Crippen molar-refractivity contribution < 1.29 is 34.5 Å². The number of aliphatic hydroxyl groups is 1. The molecule has 34 heavy (non-hydrogen) atoms. The second-order valence-electron chi connectivity index (χ2n) is 7.59. The molecule has 0 spiro atoms. The van der Waals surface area contributed by atoms with Gasteiger partial charge in [0, 0.05) is 12.8 Å². The van der Waals surface area contributed by atoms with Crippen LogP contribution in [0.3, 0.4) is 0 Å². The molecule has 2 rings (SSSR count). The summed E-state index contributed by atoms with van der Waals surface area (Å²) in [5.41, 5.74) is 6.82. The molecule has 11 heteroatoms. The predicted octanol–water partition coefficient (Wildman–Crippen LogP) is -1.33. The summed E-state index contributed by atoms with van der Waals surface area (Å²) in [7, 11) is 0. The summed E-state index contributed by atoms with van der Waals surface area (Å²) in [4.78, 5) is 48.6. The van der Waals surface area contributed by atoms with Crippen LogP contribution in [0.25, 0.3) is 0 Å². The smallest absolute Gasteiger partial charge is 0.326 e. The molecule has 11 nitrogen and oxygen atoms in total. The summed E-state index contributed by atoms with van der Waals surface area (Å²) in [6.07, 6.45) is 0.0812. The van der Waals surface area contributed by atoms with Crippen LogP contribution in [-0.2, 0) is 32.0 Å². The Hall–Kier alpha value is -3.96. The van der Waals surface area contributed by atoms with Crippen molar-refractivity contribution in [2.24, 2.45) is 5.73 Å². The lowest BCUT2D eigenvalue weighted by molar-refractivity contribution is -0.141. The molecule has 0 bridgehead atoms. The number of carbonyl (C=O) groups excluding carboxylic acids is 3. The Morgan fingerprint density at radius 3 is 2.00 bits per heavy atom. The van der Waals surface area contributed by atoms with Crippen LogP contribution >= 0.6 is 0 Å². The number of nitrogens with one attached hydrogen (secondary N) is 3. The van der Waals surface area contributed by atoms with Crippen molar-refractivity contribution >= 4 is 23.7 Å². The quantitative estimate of drug-likeness (QED) is 0.197. The molecule has 0 fully saturated rings. The maximum absolute atomic E-state index is 12.7. The number of hydrogen-bond donors (Lipinski definition) is 7. The molecule has 0 aliphatic heterocycles. The first-order chi connectivity index (χ1) is 16.2. The van der Waals surface area contributed by atoms with Gasteiger partial charge in [-0.3, -0.25) is 14.4 Å². The maximum atomic E-state index is 12.7. The highest BCUT2D eigenvalue weighted by atomic mass is 16.4. The van der Waals surface area contributed by atoms with Crippen LogP contribution in [0.4, 0.5) is 0 Å². The van der Waals surface area contributed by atoms with Crippen LogP contribution in [0.15, 0.2) is 54.6 Å². The lowest BCUT2D eigenvalue weighted by Gasteiger charge is -2.21. The molecule has 0 aliphatic rings. The summed E-state index contributed by atoms with van der Waals surface area (Å²) < 4.78 is 0. The molecule has 3 amide bonds. The Kier molecular flexibility index (Phi) is 9.99. The number of aromatic hydroxyl groups is 1. The van der Waals surface area contributed by atoms with Crippen LogP contribution in [0.5, 0.6) is 5.75 Å². The molecule has 0 aliphatic carbocycles. The topological polar surface area (TPSA) is 191 Å². The molecule has 3 unspecified atom stereocenters. The van der Waals surface area contributed by atoms with E-state index in [9.17, 15) is 29.4 Å². The van der Waals surface area contributed by atoms with Crippen LogP contribution in [0.2, 0.25) is 0 Å². The van der Waals surface area contributed by atoms with Gasteiger partial charge in [-0.25, -0.2) is 4.79 Å². The fourth-order valence-electron chi connectivity index (χ4n) is 3.02. The van der Waals surface area contributed by atoms with Gasteiger partial charge in [0.15, 0.2) is 0 Å². The van der Waals surface area contributed by atoms with E-state index in [-0.39, 0.29) is 18.6 Å². The number of benzene rings is 2. The zero-order valence-corrected chi connectivity index (χ0v) is 18.3. The summed E-state index contributed by atoms with van der Waals surface area (Å²) in [5, 5.41) is 35.1. The van der Waals surface area contributed by atoms with E-state index < -0.39 is 55.0 Å². The average molecular weight is 472 g/mol. The minimum Gasteiger partial charge on any atom is -0.508 e. The molecule has 0 heterocycles. The van der Waals surface area contributed by atoms with E-state index in [0.29, 0.717) is 5.56 Å². The number of rotatable bonds is 12. The van der Waals surface area contributed by atoms with E-state index in [1.807, 2.05) is 0 Å². The number of amides is 3. The second-order valence-corrected chi connectivity index (χ2v) is 7.59. The first-order valence-corrected chi connectivity index (χ1v) is 10.5. The van der Waals surface area contributed by atoms with Crippen molar-refractivity contribution in [2.45, 2.75) is 31.0 Å². The van der Waals surface area contributed by atoms with Crippen molar-refractivity contribution in [3.05, 3.63) is 65.7 Å². The molecule has 0 saturated heterocycles. The van der Waals surface area contributed by atoms with Gasteiger partial charge in [0.1, 0.15) is 23.9 Å². The number of aliphatic carboxylic acids is 1. The largest absolute Gasteiger partial charge is 0.508 e. The molecule has 0 aromatic heterocycles. The third-order valence-electron chi connectivity index (χ3n) is 4.88. The summed E-state index contributed by atoms with van der Waals surface area (Å²) in [6.45, 7) is -1.15. The van der Waals surface area contributed by atoms with Crippen LogP contribution < -0.4 is 21.7 Å². The van der Waals surface area contributed by atoms with E-state index in [1.165, 1.54) is 12.1 Å². The minimum absolute atomic E-state index is 0.0172. The van der Waals surface area contributed by atoms with Gasteiger partial charge >= 0.3 is 5.97 Å². The Morgan fingerprint density at radius 2 is 1.41 bits per heavy atom. The van der Waals surface area contributed by atoms with E-state index in [0.717, 1.165) is 5.56 Å². The van der Waals surface area contributed by atoms with E-state index in [4.69, 9.17) is 10.8 Å². The Morgan fingerprint density at radius 1 is 0.824 bits per heavy atom. The van der Waals surface area contributed by atoms with Crippen molar-refractivity contribution in [3.8, 4) is 5.75 Å². The maximum Gasteiger partial charge on any atom is 0.326 e. The standard InChI is InChI=1S/C23H28N4O7/c24-17(13-28)21(31)27-18(10-15-6-8-16(29)9-7-15)22(32)25-12-20(30)26-19(23(33)34)11-14-4-2-1-3-5-14/h1-9,17-19,28-29H,10-13,24H2,(H,25,32)(H,26,30)(H,27,31)(H,33,34). The number of nitrogens with two attached hydrogens (primary N) is 1. The van der Waals surface area contributed by atoms with Gasteiger partial charge in [-0.2, -0.15) is 0 Å². The van der Waals surface area contributed by atoms with Crippen LogP contribution in [0, 0.1) is 0 Å². The zero-order chi connectivity index (χ0) is 25.1. The van der Waals surface area contributed by atoms with Crippen molar-refractivity contribution in [3.63, 3.8) is 0 Å². The number of phenols is 1. The van der Waals surface area contributed by atoms with Gasteiger partial charge in [0.2, 0.25) is 17.7 Å². The predicted molar refractivity (Wildman–Crippen MR) is 122 cm³/mol. The number of carboxylic acid groups (broad SMARTS) is 1. The molecule has 0 saturated carbocycles. The summed E-state index contributed by atoms with van der Waals surface area (Å²) >= 11 is 0. The second kappa shape index (κ2) is 12.9. The average Bonchev–Trinajstić information content (AvgIpc) is 2.83. The van der Waals surface area contributed by atoms with Crippen LogP contribution in [0.1, 0.15) is 11.1 Å². The SMILES string of the molecule is NC(CO)C(=O)NC(Cc1ccc(O)cc1)C(=O)NCC(=O)NC(Cc1ccccc1)C(=O)O. The van der Waals surface area contributed by atoms with Gasteiger partial charge in [-0.1, -0.05) is 42.5 Å². The highest BCUT2D eigenvalue weighted by Gasteiger charge is 2.25. The third-order valence-corrected chi connectivity index (χ3v) is 4.88. The molecule has 2 aromatic rings. The van der Waals surface area contributed by atoms with E-state index in [1.54, 1.807) is 42.5 Å². The van der Waals surface area contributed by atoms with Crippen molar-refractivity contribution in [2.75, 3.05) is 13.2 Å². The molecule has 2 aromatic carbocycles. The molecule has 3 atom stereocenters. The Balaban J connectivity index is 2.00. The molecule has 0 radical (unpaired) electrons. The zero-order valence-electron chi connectivity index (χ0n) is 18.3. The third kappa shape index (κ3) is 8.52. The van der Waals surface area contributed by atoms with Gasteiger partial charge in [-0.15, -0.1) is 0 Å². The normalized spacial score (nSPS) is 13.2. The van der Waals surface area contributed by atoms with Crippen molar-refractivity contribution in [1.29, 1.82) is 0 Å². The molecule has 182 valence electrons. The summed E-state index contributed by atoms with van der Waals surface area (Å²) in [5.74, 6) is -3.40. The lowest BCUT2D eigenvalue weighted by Crippen LogP contribution is -2.55. The molecular formula is C23H28N4O7. The fraction of sp³-hybridized carbons (Fsp3) is 0.304. The van der Waals surface area contributed by atoms with Gasteiger partial charge in [-0.05, 0) is 23.3 Å². The lowest BCUT2D eigenvalue weighted by atomic mass is 10.0. The number of phenolic OH excluding ortho intramolecular Hbond substituents is 1. The monoisotopic (exact) mass is 472 g/mol. The number of hydrogen-bond acceptors (Lipinski definition) is 7. The highest BCUT2D eigenvalue weighted by Crippen LogP contribution is 2.11. The van der Waals surface area contributed by atoms with Gasteiger partial charge in [0.25, 0.3) is 0 Å². The Bertz CT molecular complexity index is 983. The van der Waals surface area contributed by atoms with Gasteiger partial charge < -0.3 is 37.0 Å².